The van der Waals surface area contributed by atoms with E-state index < -0.39 is 24.1 Å². The van der Waals surface area contributed by atoms with E-state index in [-0.39, 0.29) is 36.6 Å². The Labute approximate surface area is 331 Å². The van der Waals surface area contributed by atoms with Crippen molar-refractivity contribution in [3.63, 3.8) is 0 Å². The number of carbonyl (C=O) groups is 3. The van der Waals surface area contributed by atoms with Crippen molar-refractivity contribution in [3.8, 4) is 22.4 Å². The second-order valence-electron chi connectivity index (χ2n) is 15.4. The van der Waals surface area contributed by atoms with Gasteiger partial charge in [0.05, 0.1) is 48.2 Å². The summed E-state index contributed by atoms with van der Waals surface area (Å²) >= 11 is 0. The number of alkyl carbamates (subject to hydrolysis) is 1. The van der Waals surface area contributed by atoms with Crippen LogP contribution in [0.4, 0.5) is 4.79 Å². The Morgan fingerprint density at radius 3 is 2.25 bits per heavy atom. The van der Waals surface area contributed by atoms with Gasteiger partial charge in [-0.3, -0.25) is 14.9 Å². The van der Waals surface area contributed by atoms with Crippen molar-refractivity contribution in [3.05, 3.63) is 96.2 Å². The number of aromatic amines is 2. The molecule has 5 aromatic rings. The molecule has 8 rings (SSSR count). The van der Waals surface area contributed by atoms with Crippen LogP contribution in [0.3, 0.4) is 0 Å². The summed E-state index contributed by atoms with van der Waals surface area (Å²) in [6, 6.07) is 23.0. The topological polar surface area (TPSA) is 167 Å². The van der Waals surface area contributed by atoms with Crippen LogP contribution in [0.2, 0.25) is 0 Å². The van der Waals surface area contributed by atoms with E-state index in [2.05, 4.69) is 57.0 Å². The lowest BCUT2D eigenvalue weighted by Crippen LogP contribution is -2.57. The molecular formula is C43H50N8O6. The van der Waals surface area contributed by atoms with Crippen LogP contribution in [0.15, 0.2) is 79.0 Å². The Bertz CT molecular complexity index is 2220. The van der Waals surface area contributed by atoms with E-state index in [1.165, 1.54) is 7.11 Å². The van der Waals surface area contributed by atoms with Crippen LogP contribution in [0.1, 0.15) is 82.2 Å². The zero-order chi connectivity index (χ0) is 39.7. The first-order chi connectivity index (χ1) is 27.7. The smallest absolute Gasteiger partial charge is 0.407 e. The summed E-state index contributed by atoms with van der Waals surface area (Å²) in [4.78, 5) is 61.3. The summed E-state index contributed by atoms with van der Waals surface area (Å²) in [5.74, 6) is 1.40. The van der Waals surface area contributed by atoms with Gasteiger partial charge in [0, 0.05) is 13.1 Å². The molecule has 0 bridgehead atoms. The Morgan fingerprint density at radius 2 is 1.58 bits per heavy atom. The Morgan fingerprint density at radius 1 is 0.895 bits per heavy atom. The van der Waals surface area contributed by atoms with Crippen LogP contribution in [0.5, 0.6) is 0 Å². The molecule has 4 N–H and O–H groups in total. The van der Waals surface area contributed by atoms with Crippen molar-refractivity contribution < 1.29 is 28.6 Å². The van der Waals surface area contributed by atoms with E-state index in [1.54, 1.807) is 0 Å². The van der Waals surface area contributed by atoms with Crippen LogP contribution in [-0.4, -0.2) is 87.1 Å². The molecule has 14 heteroatoms. The van der Waals surface area contributed by atoms with Gasteiger partial charge in [-0.25, -0.2) is 14.8 Å². The minimum atomic E-state index is -1.29. The number of methoxy groups -OCH3 is 1. The molecule has 0 radical (unpaired) electrons. The third kappa shape index (κ3) is 7.40. The first-order valence-corrected chi connectivity index (χ1v) is 19.9. The van der Waals surface area contributed by atoms with Crippen LogP contribution >= 0.6 is 0 Å². The maximum absolute atomic E-state index is 14.5. The molecular weight excluding hydrogens is 725 g/mol. The van der Waals surface area contributed by atoms with Crippen molar-refractivity contribution >= 4 is 28.9 Å². The lowest BCUT2D eigenvalue weighted by Gasteiger charge is -2.37. The number of amides is 3. The first kappa shape index (κ1) is 38.3. The van der Waals surface area contributed by atoms with E-state index in [9.17, 15) is 14.4 Å². The van der Waals surface area contributed by atoms with Crippen molar-refractivity contribution in [2.45, 2.75) is 83.0 Å². The van der Waals surface area contributed by atoms with Crippen molar-refractivity contribution in [2.24, 2.45) is 5.92 Å². The minimum Gasteiger partial charge on any atom is -0.453 e. The number of aromatic nitrogens is 4. The summed E-state index contributed by atoms with van der Waals surface area (Å²) in [6.45, 7) is 7.39. The largest absolute Gasteiger partial charge is 0.453 e. The summed E-state index contributed by atoms with van der Waals surface area (Å²) in [5.41, 5.74) is 5.04. The minimum absolute atomic E-state index is 0.0267. The van der Waals surface area contributed by atoms with Gasteiger partial charge in [0.2, 0.25) is 12.3 Å². The average molecular weight is 775 g/mol. The number of benzene rings is 3. The molecule has 0 saturated carbocycles. The highest BCUT2D eigenvalue weighted by molar-refractivity contribution is 5.92. The molecule has 3 saturated heterocycles. The highest BCUT2D eigenvalue weighted by Gasteiger charge is 2.47. The van der Waals surface area contributed by atoms with Crippen LogP contribution in [-0.2, 0) is 29.3 Å². The van der Waals surface area contributed by atoms with Gasteiger partial charge in [0.25, 0.3) is 5.91 Å². The molecule has 5 heterocycles. The number of carbonyl (C=O) groups excluding carboxylic acids is 3. The van der Waals surface area contributed by atoms with Crippen molar-refractivity contribution in [1.82, 2.24) is 40.4 Å². The first-order valence-electron chi connectivity index (χ1n) is 19.9. The summed E-state index contributed by atoms with van der Waals surface area (Å²) in [6.07, 6.45) is 4.29. The number of fused-ring (bicyclic) bond motifs is 1. The molecule has 14 nitrogen and oxygen atoms in total. The number of H-pyrrole nitrogens is 2. The van der Waals surface area contributed by atoms with E-state index in [4.69, 9.17) is 24.2 Å². The Balaban J connectivity index is 0.981. The fraction of sp³-hybridized carbons (Fsp3) is 0.419. The average Bonchev–Trinajstić information content (AvgIpc) is 4.05. The number of rotatable bonds is 12. The SMILES string of the molecule is CCC(NC(=O)OC)(C(=O)N1CCC[C@H]1c1nc2ccc(-c3ccc(-c4cnc([C@@H]5CCCN5C(=O)[C@@H](NC5OCO5)C(C)C)[nH]4)cc3)cc2[nH]1)c1ccccc1. The van der Waals surface area contributed by atoms with Gasteiger partial charge >= 0.3 is 6.09 Å². The molecule has 3 amide bonds. The molecule has 298 valence electrons. The third-order valence-corrected chi connectivity index (χ3v) is 11.7. The van der Waals surface area contributed by atoms with Crippen LogP contribution in [0.25, 0.3) is 33.4 Å². The lowest BCUT2D eigenvalue weighted by molar-refractivity contribution is -0.335. The predicted octanol–water partition coefficient (Wildman–Crippen LogP) is 6.51. The van der Waals surface area contributed by atoms with Crippen molar-refractivity contribution in [2.75, 3.05) is 27.0 Å². The van der Waals surface area contributed by atoms with Gasteiger partial charge < -0.3 is 39.3 Å². The normalized spacial score (nSPS) is 20.1. The predicted molar refractivity (Wildman–Crippen MR) is 213 cm³/mol. The molecule has 4 atom stereocenters. The van der Waals surface area contributed by atoms with E-state index in [1.807, 2.05) is 73.2 Å². The quantitative estimate of drug-likeness (QED) is 0.111. The number of imidazole rings is 2. The number of nitrogens with zero attached hydrogens (tertiary/aromatic N) is 4. The fourth-order valence-electron chi connectivity index (χ4n) is 8.46. The fourth-order valence-corrected chi connectivity index (χ4v) is 8.46. The van der Waals surface area contributed by atoms with Crippen LogP contribution < -0.4 is 10.6 Å². The number of nitrogens with one attached hydrogen (secondary N) is 4. The molecule has 57 heavy (non-hydrogen) atoms. The van der Waals surface area contributed by atoms with E-state index in [0.29, 0.717) is 25.1 Å². The molecule has 3 aliphatic rings. The summed E-state index contributed by atoms with van der Waals surface area (Å²) in [5, 5.41) is 6.08. The van der Waals surface area contributed by atoms with E-state index in [0.717, 1.165) is 70.7 Å². The molecule has 2 aromatic heterocycles. The monoisotopic (exact) mass is 774 g/mol. The number of hydrogen-bond acceptors (Lipinski definition) is 9. The highest BCUT2D eigenvalue weighted by Crippen LogP contribution is 2.38. The summed E-state index contributed by atoms with van der Waals surface area (Å²) < 4.78 is 15.7. The second kappa shape index (κ2) is 16.1. The van der Waals surface area contributed by atoms with Gasteiger partial charge in [-0.2, -0.15) is 0 Å². The third-order valence-electron chi connectivity index (χ3n) is 11.7. The molecule has 3 fully saturated rings. The highest BCUT2D eigenvalue weighted by atomic mass is 16.9. The molecule has 1 unspecified atom stereocenters. The van der Waals surface area contributed by atoms with Gasteiger partial charge in [-0.1, -0.05) is 81.4 Å². The van der Waals surface area contributed by atoms with Crippen molar-refractivity contribution in [1.29, 1.82) is 0 Å². The van der Waals surface area contributed by atoms with Gasteiger partial charge in [-0.15, -0.1) is 0 Å². The van der Waals surface area contributed by atoms with E-state index >= 15 is 0 Å². The second-order valence-corrected chi connectivity index (χ2v) is 15.4. The van der Waals surface area contributed by atoms with Gasteiger partial charge in [-0.05, 0) is 72.4 Å². The standard InChI is InChI=1S/C43H50N8O6/c1-5-43(49-41(54)55-4,30-11-7-6-8-12-30)40(53)51-22-10-14-35(51)38-45-31-20-19-29(23-32(31)46-38)27-15-17-28(18-16-27)33-24-44-37(47-33)34-13-9-21-50(34)39(52)36(26(2)3)48-42-56-25-57-42/h6-8,11-12,15-20,23-24,26,34-36,42,48H,5,9-10,13-14,21-22,25H2,1-4H3,(H,44,47)(H,45,46)(H,49,54)/t34-,35-,36-,43?/m0/s1. The Hall–Kier alpha value is -5.57. The number of ether oxygens (including phenoxy) is 3. The zero-order valence-electron chi connectivity index (χ0n) is 32.8. The van der Waals surface area contributed by atoms with Gasteiger partial charge in [0.1, 0.15) is 17.2 Å². The Kier molecular flexibility index (Phi) is 10.8. The summed E-state index contributed by atoms with van der Waals surface area (Å²) in [7, 11) is 1.30. The van der Waals surface area contributed by atoms with Gasteiger partial charge in [0.15, 0.2) is 6.79 Å². The molecule has 0 aliphatic carbocycles. The molecule has 3 aromatic carbocycles. The molecule has 3 aliphatic heterocycles. The molecule has 0 spiro atoms. The lowest BCUT2D eigenvalue weighted by atomic mass is 9.85. The maximum atomic E-state index is 14.5. The number of hydrogen-bond donors (Lipinski definition) is 4. The number of likely N-dealkylation sites (tertiary alicyclic amines) is 2. The van der Waals surface area contributed by atoms with Crippen LogP contribution in [0, 0.1) is 5.92 Å². The zero-order valence-corrected chi connectivity index (χ0v) is 32.8. The maximum Gasteiger partial charge on any atom is 0.407 e.